The summed E-state index contributed by atoms with van der Waals surface area (Å²) < 4.78 is 0. The highest BCUT2D eigenvalue weighted by Gasteiger charge is 2.36. The first-order chi connectivity index (χ1) is 8.91. The SMILES string of the molecule is CC(=O)c1ccc(N2C(C)C(=O)NC(=O)C2C)cc1. The van der Waals surface area contributed by atoms with E-state index >= 15 is 0 Å². The summed E-state index contributed by atoms with van der Waals surface area (Å²) in [6, 6.07) is 6.08. The van der Waals surface area contributed by atoms with Gasteiger partial charge in [-0.15, -0.1) is 0 Å². The molecular formula is C14H16N2O3. The molecule has 0 aliphatic carbocycles. The third-order valence-electron chi connectivity index (χ3n) is 3.41. The van der Waals surface area contributed by atoms with E-state index in [4.69, 9.17) is 0 Å². The second-order valence-corrected chi connectivity index (χ2v) is 4.72. The molecule has 1 aliphatic rings. The number of carbonyl (C=O) groups excluding carboxylic acids is 3. The minimum Gasteiger partial charge on any atom is -0.348 e. The molecule has 0 bridgehead atoms. The summed E-state index contributed by atoms with van der Waals surface area (Å²) >= 11 is 0. The molecule has 1 saturated heterocycles. The van der Waals surface area contributed by atoms with Crippen molar-refractivity contribution < 1.29 is 14.4 Å². The average molecular weight is 260 g/mol. The Labute approximate surface area is 111 Å². The van der Waals surface area contributed by atoms with Gasteiger partial charge in [0.25, 0.3) is 0 Å². The van der Waals surface area contributed by atoms with Crippen LogP contribution in [0.5, 0.6) is 0 Å². The minimum absolute atomic E-state index is 0.0138. The van der Waals surface area contributed by atoms with Crippen molar-refractivity contribution in [2.45, 2.75) is 32.9 Å². The Hall–Kier alpha value is -2.17. The number of hydrogen-bond donors (Lipinski definition) is 1. The molecular weight excluding hydrogens is 244 g/mol. The van der Waals surface area contributed by atoms with Crippen LogP contribution in [0.25, 0.3) is 0 Å². The van der Waals surface area contributed by atoms with Crippen LogP contribution in [0.4, 0.5) is 5.69 Å². The van der Waals surface area contributed by atoms with Crippen molar-refractivity contribution in [1.29, 1.82) is 0 Å². The van der Waals surface area contributed by atoms with Gasteiger partial charge in [0.05, 0.1) is 0 Å². The number of ketones is 1. The van der Waals surface area contributed by atoms with Gasteiger partial charge in [-0.1, -0.05) is 0 Å². The summed E-state index contributed by atoms with van der Waals surface area (Å²) in [6.45, 7) is 4.99. The molecule has 1 N–H and O–H groups in total. The van der Waals surface area contributed by atoms with Crippen LogP contribution in [0.2, 0.25) is 0 Å². The molecule has 2 atom stereocenters. The van der Waals surface area contributed by atoms with Gasteiger partial charge in [0, 0.05) is 11.3 Å². The lowest BCUT2D eigenvalue weighted by Crippen LogP contribution is -2.61. The number of benzene rings is 1. The standard InChI is InChI=1S/C14H16N2O3/c1-8-13(18)15-14(19)9(2)16(8)12-6-4-11(5-7-12)10(3)17/h4-9H,1-3H3,(H,15,18,19). The molecule has 0 spiro atoms. The van der Waals surface area contributed by atoms with Gasteiger partial charge in [0.2, 0.25) is 11.8 Å². The lowest BCUT2D eigenvalue weighted by Gasteiger charge is -2.38. The van der Waals surface area contributed by atoms with Gasteiger partial charge in [-0.05, 0) is 45.0 Å². The average Bonchev–Trinajstić information content (AvgIpc) is 2.37. The zero-order valence-electron chi connectivity index (χ0n) is 11.1. The monoisotopic (exact) mass is 260 g/mol. The molecule has 1 fully saturated rings. The molecule has 0 saturated carbocycles. The minimum atomic E-state index is -0.420. The topological polar surface area (TPSA) is 66.5 Å². The number of rotatable bonds is 2. The number of amides is 2. The predicted molar refractivity (Wildman–Crippen MR) is 71.0 cm³/mol. The van der Waals surface area contributed by atoms with Crippen molar-refractivity contribution in [1.82, 2.24) is 5.32 Å². The second-order valence-electron chi connectivity index (χ2n) is 4.72. The summed E-state index contributed by atoms with van der Waals surface area (Å²) in [5.41, 5.74) is 1.37. The molecule has 0 radical (unpaired) electrons. The van der Waals surface area contributed by atoms with Crippen molar-refractivity contribution in [3.05, 3.63) is 29.8 Å². The van der Waals surface area contributed by atoms with Gasteiger partial charge in [0.1, 0.15) is 12.1 Å². The van der Waals surface area contributed by atoms with Gasteiger partial charge in [0.15, 0.2) is 5.78 Å². The molecule has 2 rings (SSSR count). The molecule has 5 heteroatoms. The summed E-state index contributed by atoms with van der Waals surface area (Å²) in [5, 5.41) is 2.33. The van der Waals surface area contributed by atoms with Gasteiger partial charge in [-0.25, -0.2) is 0 Å². The lowest BCUT2D eigenvalue weighted by molar-refractivity contribution is -0.134. The Balaban J connectivity index is 2.35. The Morgan fingerprint density at radius 1 is 1.05 bits per heavy atom. The van der Waals surface area contributed by atoms with Gasteiger partial charge in [-0.2, -0.15) is 0 Å². The fourth-order valence-electron chi connectivity index (χ4n) is 2.23. The Morgan fingerprint density at radius 2 is 1.53 bits per heavy atom. The predicted octanol–water partition coefficient (Wildman–Crippen LogP) is 1.13. The summed E-state index contributed by atoms with van der Waals surface area (Å²) in [6.07, 6.45) is 0. The van der Waals surface area contributed by atoms with Crippen molar-refractivity contribution in [3.63, 3.8) is 0 Å². The number of nitrogens with zero attached hydrogens (tertiary/aromatic N) is 1. The zero-order chi connectivity index (χ0) is 14.2. The number of piperazine rings is 1. The van der Waals surface area contributed by atoms with E-state index in [2.05, 4.69) is 5.32 Å². The van der Waals surface area contributed by atoms with E-state index in [1.54, 1.807) is 43.0 Å². The van der Waals surface area contributed by atoms with E-state index < -0.39 is 12.1 Å². The van der Waals surface area contributed by atoms with E-state index in [9.17, 15) is 14.4 Å². The molecule has 100 valence electrons. The van der Waals surface area contributed by atoms with Crippen LogP contribution in [0.3, 0.4) is 0 Å². The summed E-state index contributed by atoms with van der Waals surface area (Å²) in [7, 11) is 0. The van der Waals surface area contributed by atoms with E-state index in [0.717, 1.165) is 5.69 Å². The van der Waals surface area contributed by atoms with Crippen LogP contribution in [0, 0.1) is 0 Å². The molecule has 1 aliphatic heterocycles. The highest BCUT2D eigenvalue weighted by molar-refractivity contribution is 6.06. The van der Waals surface area contributed by atoms with Crippen LogP contribution < -0.4 is 10.2 Å². The summed E-state index contributed by atoms with van der Waals surface area (Å²) in [5.74, 6) is -0.627. The molecule has 1 aromatic carbocycles. The van der Waals surface area contributed by atoms with Crippen molar-refractivity contribution >= 4 is 23.3 Å². The third kappa shape index (κ3) is 2.36. The zero-order valence-corrected chi connectivity index (χ0v) is 11.1. The number of hydrogen-bond acceptors (Lipinski definition) is 4. The van der Waals surface area contributed by atoms with E-state index in [1.165, 1.54) is 6.92 Å². The Kier molecular flexibility index (Phi) is 3.38. The Bertz CT molecular complexity index is 516. The second kappa shape index (κ2) is 4.84. The smallest absolute Gasteiger partial charge is 0.249 e. The van der Waals surface area contributed by atoms with Crippen LogP contribution in [0.1, 0.15) is 31.1 Å². The van der Waals surface area contributed by atoms with Crippen LogP contribution in [0.15, 0.2) is 24.3 Å². The maximum absolute atomic E-state index is 11.7. The number of anilines is 1. The fourth-order valence-corrected chi connectivity index (χ4v) is 2.23. The van der Waals surface area contributed by atoms with Gasteiger partial charge >= 0.3 is 0 Å². The van der Waals surface area contributed by atoms with Crippen molar-refractivity contribution in [3.8, 4) is 0 Å². The lowest BCUT2D eigenvalue weighted by atomic mass is 10.1. The van der Waals surface area contributed by atoms with E-state index in [1.807, 2.05) is 0 Å². The molecule has 19 heavy (non-hydrogen) atoms. The van der Waals surface area contributed by atoms with Gasteiger partial charge in [-0.3, -0.25) is 19.7 Å². The molecule has 2 unspecified atom stereocenters. The first kappa shape index (κ1) is 13.3. The maximum atomic E-state index is 11.7. The third-order valence-corrected chi connectivity index (χ3v) is 3.41. The maximum Gasteiger partial charge on any atom is 0.249 e. The molecule has 1 aromatic rings. The van der Waals surface area contributed by atoms with Crippen molar-refractivity contribution in [2.24, 2.45) is 0 Å². The number of imide groups is 1. The van der Waals surface area contributed by atoms with Gasteiger partial charge < -0.3 is 4.90 Å². The number of Topliss-reactive ketones (excluding diaryl/α,β-unsaturated/α-hetero) is 1. The largest absolute Gasteiger partial charge is 0.348 e. The molecule has 2 amide bonds. The fraction of sp³-hybridized carbons (Fsp3) is 0.357. The number of carbonyl (C=O) groups is 3. The van der Waals surface area contributed by atoms with Crippen LogP contribution in [-0.2, 0) is 9.59 Å². The first-order valence-electron chi connectivity index (χ1n) is 6.16. The van der Waals surface area contributed by atoms with Crippen molar-refractivity contribution in [2.75, 3.05) is 4.90 Å². The molecule has 1 heterocycles. The Morgan fingerprint density at radius 3 is 1.95 bits per heavy atom. The quantitative estimate of drug-likeness (QED) is 0.639. The number of nitrogens with one attached hydrogen (secondary N) is 1. The highest BCUT2D eigenvalue weighted by atomic mass is 16.2. The molecule has 5 nitrogen and oxygen atoms in total. The first-order valence-corrected chi connectivity index (χ1v) is 6.16. The highest BCUT2D eigenvalue weighted by Crippen LogP contribution is 2.23. The van der Waals surface area contributed by atoms with Crippen LogP contribution >= 0.6 is 0 Å². The molecule has 0 aromatic heterocycles. The summed E-state index contributed by atoms with van der Waals surface area (Å²) in [4.78, 5) is 36.4. The van der Waals surface area contributed by atoms with Crippen LogP contribution in [-0.4, -0.2) is 29.7 Å². The normalized spacial score (nSPS) is 23.2. The van der Waals surface area contributed by atoms with E-state index in [0.29, 0.717) is 5.56 Å². The van der Waals surface area contributed by atoms with E-state index in [-0.39, 0.29) is 17.6 Å².